The van der Waals surface area contributed by atoms with E-state index >= 15 is 0 Å². The molecule has 36 heavy (non-hydrogen) atoms. The van der Waals surface area contributed by atoms with Crippen LogP contribution >= 0.6 is 11.8 Å². The van der Waals surface area contributed by atoms with E-state index in [1.807, 2.05) is 26.8 Å². The summed E-state index contributed by atoms with van der Waals surface area (Å²) >= 11 is 0.761. The van der Waals surface area contributed by atoms with Gasteiger partial charge in [-0.05, 0) is 72.1 Å². The van der Waals surface area contributed by atoms with Crippen molar-refractivity contribution in [3.63, 3.8) is 0 Å². The van der Waals surface area contributed by atoms with Gasteiger partial charge in [0.15, 0.2) is 0 Å². The van der Waals surface area contributed by atoms with Crippen LogP contribution in [-0.4, -0.2) is 41.9 Å². The fourth-order valence-corrected chi connectivity index (χ4v) is 5.39. The van der Waals surface area contributed by atoms with Gasteiger partial charge in [-0.3, -0.25) is 19.3 Å². The smallest absolute Gasteiger partial charge is 0.405 e. The molecule has 2 heterocycles. The Bertz CT molecular complexity index is 1320. The van der Waals surface area contributed by atoms with E-state index in [2.05, 4.69) is 4.74 Å². The Hall–Kier alpha value is -3.27. The molecule has 4 rings (SSSR count). The zero-order valence-electron chi connectivity index (χ0n) is 20.4. The number of aryl methyl sites for hydroxylation is 1. The van der Waals surface area contributed by atoms with Crippen molar-refractivity contribution in [2.24, 2.45) is 0 Å². The summed E-state index contributed by atoms with van der Waals surface area (Å²) in [6, 6.07) is 7.72. The number of anilines is 1. The number of thioether (sulfide) groups is 1. The van der Waals surface area contributed by atoms with Crippen LogP contribution in [0.3, 0.4) is 0 Å². The van der Waals surface area contributed by atoms with E-state index in [0.29, 0.717) is 35.3 Å². The third kappa shape index (κ3) is 4.74. The summed E-state index contributed by atoms with van der Waals surface area (Å²) in [5.41, 5.74) is 2.92. The normalized spacial score (nSPS) is 18.8. The third-order valence-electron chi connectivity index (χ3n) is 6.38. The SMILES string of the molecule is CCN1C(=O)CC(C)(C)c2cc(C)c(-c3cc(/C=C4/SC(=O)N(C)C4=O)ccc3OC(F)(F)F)cc21. The lowest BCUT2D eigenvalue weighted by Gasteiger charge is -2.39. The van der Waals surface area contributed by atoms with Crippen molar-refractivity contribution in [3.05, 3.63) is 51.9 Å². The number of rotatable bonds is 4. The highest BCUT2D eigenvalue weighted by atomic mass is 32.2. The van der Waals surface area contributed by atoms with Gasteiger partial charge >= 0.3 is 6.36 Å². The molecule has 3 amide bonds. The molecule has 2 aromatic carbocycles. The van der Waals surface area contributed by atoms with Crippen LogP contribution in [-0.2, 0) is 15.0 Å². The van der Waals surface area contributed by atoms with E-state index in [1.54, 1.807) is 17.9 Å². The van der Waals surface area contributed by atoms with Crippen LogP contribution in [0.1, 0.15) is 43.9 Å². The molecule has 0 unspecified atom stereocenters. The number of hydrogen-bond donors (Lipinski definition) is 0. The molecule has 190 valence electrons. The van der Waals surface area contributed by atoms with E-state index in [1.165, 1.54) is 31.3 Å². The number of alkyl halides is 3. The number of ether oxygens (including phenoxy) is 1. The number of imide groups is 1. The standard InChI is InChI=1S/C26H25F3N2O4S/c1-6-31-19-12-16(14(2)9-18(19)25(3,4)13-22(31)32)17-10-15(7-8-20(17)35-26(27,28)29)11-21-23(33)30(5)24(34)36-21/h7-12H,6,13H2,1-5H3/b21-11+. The number of carbonyl (C=O) groups is 3. The molecule has 0 N–H and O–H groups in total. The minimum Gasteiger partial charge on any atom is -0.405 e. The van der Waals surface area contributed by atoms with E-state index < -0.39 is 28.7 Å². The van der Waals surface area contributed by atoms with Crippen LogP contribution in [0.2, 0.25) is 0 Å². The molecule has 0 aromatic heterocycles. The van der Waals surface area contributed by atoms with Crippen molar-refractivity contribution in [1.82, 2.24) is 4.90 Å². The summed E-state index contributed by atoms with van der Waals surface area (Å²) in [6.45, 7) is 8.00. The summed E-state index contributed by atoms with van der Waals surface area (Å²) in [5.74, 6) is -0.942. The number of amides is 3. The molecule has 0 aliphatic carbocycles. The van der Waals surface area contributed by atoms with Crippen LogP contribution in [0.4, 0.5) is 23.7 Å². The number of carbonyl (C=O) groups excluding carboxylic acids is 3. The number of fused-ring (bicyclic) bond motifs is 1. The van der Waals surface area contributed by atoms with Crippen molar-refractivity contribution in [2.75, 3.05) is 18.5 Å². The zero-order chi connectivity index (χ0) is 26.6. The minimum atomic E-state index is -4.92. The van der Waals surface area contributed by atoms with Gasteiger partial charge in [-0.2, -0.15) is 0 Å². The lowest BCUT2D eigenvalue weighted by Crippen LogP contribution is -2.41. The molecule has 0 spiro atoms. The summed E-state index contributed by atoms with van der Waals surface area (Å²) in [4.78, 5) is 39.7. The maximum Gasteiger partial charge on any atom is 0.573 e. The van der Waals surface area contributed by atoms with E-state index in [4.69, 9.17) is 0 Å². The molecular weight excluding hydrogens is 493 g/mol. The monoisotopic (exact) mass is 518 g/mol. The van der Waals surface area contributed by atoms with E-state index in [0.717, 1.165) is 22.2 Å². The fourth-order valence-electron chi connectivity index (χ4n) is 4.56. The van der Waals surface area contributed by atoms with Gasteiger partial charge in [0.1, 0.15) is 5.75 Å². The first kappa shape index (κ1) is 25.8. The largest absolute Gasteiger partial charge is 0.573 e. The number of halogens is 3. The molecule has 0 bridgehead atoms. The minimum absolute atomic E-state index is 0.0550. The molecular formula is C26H25F3N2O4S. The second kappa shape index (κ2) is 8.99. The Balaban J connectivity index is 1.91. The van der Waals surface area contributed by atoms with Crippen molar-refractivity contribution < 1.29 is 32.3 Å². The fraction of sp³-hybridized carbons (Fsp3) is 0.346. The van der Waals surface area contributed by atoms with E-state index in [9.17, 15) is 27.6 Å². The lowest BCUT2D eigenvalue weighted by molar-refractivity contribution is -0.274. The van der Waals surface area contributed by atoms with Crippen molar-refractivity contribution in [3.8, 4) is 16.9 Å². The van der Waals surface area contributed by atoms with Gasteiger partial charge in [0, 0.05) is 36.7 Å². The predicted octanol–water partition coefficient (Wildman–Crippen LogP) is 6.26. The van der Waals surface area contributed by atoms with Gasteiger partial charge in [0.05, 0.1) is 4.91 Å². The summed E-state index contributed by atoms with van der Waals surface area (Å²) in [7, 11) is 1.36. The van der Waals surface area contributed by atoms with Gasteiger partial charge < -0.3 is 9.64 Å². The topological polar surface area (TPSA) is 66.9 Å². The third-order valence-corrected chi connectivity index (χ3v) is 7.34. The maximum atomic E-state index is 13.3. The van der Waals surface area contributed by atoms with Crippen LogP contribution < -0.4 is 9.64 Å². The predicted molar refractivity (Wildman–Crippen MR) is 133 cm³/mol. The van der Waals surface area contributed by atoms with Crippen molar-refractivity contribution in [1.29, 1.82) is 0 Å². The lowest BCUT2D eigenvalue weighted by atomic mass is 9.75. The molecule has 2 aliphatic rings. The molecule has 6 nitrogen and oxygen atoms in total. The van der Waals surface area contributed by atoms with Gasteiger partial charge in [0.25, 0.3) is 11.1 Å². The summed E-state index contributed by atoms with van der Waals surface area (Å²) in [5, 5.41) is -0.430. The first-order chi connectivity index (χ1) is 16.7. The molecule has 1 saturated heterocycles. The molecule has 2 aromatic rings. The number of hydrogen-bond acceptors (Lipinski definition) is 5. The van der Waals surface area contributed by atoms with Crippen LogP contribution in [0.25, 0.3) is 17.2 Å². The Kier molecular flexibility index (Phi) is 6.45. The molecule has 2 aliphatic heterocycles. The van der Waals surface area contributed by atoms with Gasteiger partial charge in [-0.1, -0.05) is 26.0 Å². The number of likely N-dealkylation sites (N-methyl/N-ethyl adjacent to an activating group) is 1. The highest BCUT2D eigenvalue weighted by molar-refractivity contribution is 8.18. The van der Waals surface area contributed by atoms with Gasteiger partial charge in [0.2, 0.25) is 5.91 Å². The quantitative estimate of drug-likeness (QED) is 0.447. The molecule has 0 radical (unpaired) electrons. The summed E-state index contributed by atoms with van der Waals surface area (Å²) < 4.78 is 44.1. The van der Waals surface area contributed by atoms with Crippen molar-refractivity contribution in [2.45, 2.75) is 45.9 Å². The first-order valence-corrected chi connectivity index (χ1v) is 12.1. The van der Waals surface area contributed by atoms with E-state index in [-0.39, 0.29) is 16.4 Å². The number of benzene rings is 2. The molecule has 1 fully saturated rings. The second-order valence-corrected chi connectivity index (χ2v) is 10.4. The van der Waals surface area contributed by atoms with Crippen molar-refractivity contribution >= 4 is 40.6 Å². The highest BCUT2D eigenvalue weighted by Crippen LogP contribution is 2.45. The van der Waals surface area contributed by atoms with Gasteiger partial charge in [-0.25, -0.2) is 0 Å². The Morgan fingerprint density at radius 2 is 1.81 bits per heavy atom. The zero-order valence-corrected chi connectivity index (χ0v) is 21.3. The average molecular weight is 519 g/mol. The molecule has 0 saturated carbocycles. The first-order valence-electron chi connectivity index (χ1n) is 11.3. The van der Waals surface area contributed by atoms with Crippen LogP contribution in [0, 0.1) is 6.92 Å². The molecule has 0 atom stereocenters. The Labute approximate surface area is 211 Å². The second-order valence-electron chi connectivity index (χ2n) is 9.43. The summed E-state index contributed by atoms with van der Waals surface area (Å²) in [6.07, 6.45) is -3.12. The highest BCUT2D eigenvalue weighted by Gasteiger charge is 2.38. The number of nitrogens with zero attached hydrogens (tertiary/aromatic N) is 2. The Morgan fingerprint density at radius 3 is 2.39 bits per heavy atom. The Morgan fingerprint density at radius 1 is 1.11 bits per heavy atom. The maximum absolute atomic E-state index is 13.3. The molecule has 10 heteroatoms. The average Bonchev–Trinajstić information content (AvgIpc) is 3.00. The van der Waals surface area contributed by atoms with Crippen LogP contribution in [0.15, 0.2) is 35.2 Å². The van der Waals surface area contributed by atoms with Gasteiger partial charge in [-0.15, -0.1) is 13.2 Å². The van der Waals surface area contributed by atoms with Crippen LogP contribution in [0.5, 0.6) is 5.75 Å².